The summed E-state index contributed by atoms with van der Waals surface area (Å²) >= 11 is 0. The predicted molar refractivity (Wildman–Crippen MR) is 300 cm³/mol. The minimum Gasteiger partial charge on any atom is -0.310 e. The largest absolute Gasteiger partial charge is 0.310 e. The SMILES string of the molecule is CC1(C)c2ccccc2-c2c(-c3ccccc3N(c3ccc(-c4ccccc4-n4c5ccccc5c5ccccc54)cc3)c3ccc4c(c3)C3(c5ccccc5-c5ccccc53)c3ccccc3-4)cccc21. The number of benzene rings is 11. The van der Waals surface area contributed by atoms with Crippen LogP contribution in [0.15, 0.2) is 255 Å². The van der Waals surface area contributed by atoms with Crippen LogP contribution in [-0.4, -0.2) is 4.57 Å². The zero-order valence-electron chi connectivity index (χ0n) is 40.1. The van der Waals surface area contributed by atoms with Crippen LogP contribution in [0, 0.1) is 0 Å². The van der Waals surface area contributed by atoms with Crippen molar-refractivity contribution in [2.24, 2.45) is 0 Å². The molecule has 3 aliphatic carbocycles. The Kier molecular flexibility index (Phi) is 8.66. The fraction of sp³-hybridized carbons (Fsp3) is 0.0571. The number of rotatable bonds is 6. The molecule has 2 heteroatoms. The molecular formula is C70H48N2. The van der Waals surface area contributed by atoms with Gasteiger partial charge < -0.3 is 9.47 Å². The predicted octanol–water partition coefficient (Wildman–Crippen LogP) is 18.2. The van der Waals surface area contributed by atoms with Crippen LogP contribution in [0.4, 0.5) is 17.1 Å². The summed E-state index contributed by atoms with van der Waals surface area (Å²) in [5.74, 6) is 0. The second-order valence-electron chi connectivity index (χ2n) is 20.3. The lowest BCUT2D eigenvalue weighted by Crippen LogP contribution is -2.26. The third-order valence-corrected chi connectivity index (χ3v) is 16.4. The fourth-order valence-corrected chi connectivity index (χ4v) is 13.4. The van der Waals surface area contributed by atoms with E-state index in [4.69, 9.17) is 0 Å². The Bertz CT molecular complexity index is 4090. The Hall–Kier alpha value is -8.98. The minimum atomic E-state index is -0.476. The molecule has 0 radical (unpaired) electrons. The summed E-state index contributed by atoms with van der Waals surface area (Å²) in [4.78, 5) is 2.52. The van der Waals surface area contributed by atoms with Crippen LogP contribution in [0.1, 0.15) is 47.2 Å². The molecule has 0 saturated heterocycles. The summed E-state index contributed by atoms with van der Waals surface area (Å²) in [6, 6.07) is 95.3. The third kappa shape index (κ3) is 5.49. The topological polar surface area (TPSA) is 8.17 Å². The molecule has 0 unspecified atom stereocenters. The van der Waals surface area contributed by atoms with Gasteiger partial charge in [-0.25, -0.2) is 0 Å². The fourth-order valence-electron chi connectivity index (χ4n) is 13.4. The molecule has 12 aromatic rings. The van der Waals surface area contributed by atoms with Gasteiger partial charge in [0.15, 0.2) is 0 Å². The van der Waals surface area contributed by atoms with Crippen LogP contribution in [-0.2, 0) is 10.8 Å². The van der Waals surface area contributed by atoms with Gasteiger partial charge in [0, 0.05) is 38.7 Å². The minimum absolute atomic E-state index is 0.126. The van der Waals surface area contributed by atoms with Crippen LogP contribution < -0.4 is 4.90 Å². The standard InChI is InChI=1S/C70H48N2/c1-69(2)58-29-11-6-27-57(58)68-56(28-19-33-62(68)69)55-26-10-16-35-65(55)71(46-40-38-45(39-41-46)48-20-7-15-34-64(48)72-66-36-17-8-24-53(66)54-25-9-18-37-67(54)72)47-42-43-52-51-23-5-14-32-61(51)70(63(52)44-47)59-30-12-3-21-49(59)50-22-4-13-31-60(50)70/h3-44H,1-2H3. The number of aromatic nitrogens is 1. The molecular weight excluding hydrogens is 869 g/mol. The Morgan fingerprint density at radius 3 is 1.42 bits per heavy atom. The highest BCUT2D eigenvalue weighted by Crippen LogP contribution is 2.64. The smallest absolute Gasteiger partial charge is 0.0726 e. The van der Waals surface area contributed by atoms with Crippen LogP contribution in [0.3, 0.4) is 0 Å². The lowest BCUT2D eigenvalue weighted by atomic mass is 9.70. The molecule has 0 aliphatic heterocycles. The van der Waals surface area contributed by atoms with Crippen LogP contribution in [0.2, 0.25) is 0 Å². The van der Waals surface area contributed by atoms with Crippen molar-refractivity contribution in [3.63, 3.8) is 0 Å². The van der Waals surface area contributed by atoms with E-state index in [-0.39, 0.29) is 5.41 Å². The summed E-state index contributed by atoms with van der Waals surface area (Å²) in [5.41, 5.74) is 27.0. The lowest BCUT2D eigenvalue weighted by Gasteiger charge is -2.33. The Morgan fingerprint density at radius 1 is 0.319 bits per heavy atom. The van der Waals surface area contributed by atoms with Gasteiger partial charge in [-0.15, -0.1) is 0 Å². The molecule has 1 aromatic heterocycles. The van der Waals surface area contributed by atoms with Crippen molar-refractivity contribution in [3.8, 4) is 61.3 Å². The first-order valence-electron chi connectivity index (χ1n) is 25.3. The average molecular weight is 917 g/mol. The van der Waals surface area contributed by atoms with Gasteiger partial charge >= 0.3 is 0 Å². The molecule has 72 heavy (non-hydrogen) atoms. The van der Waals surface area contributed by atoms with Gasteiger partial charge in [-0.2, -0.15) is 0 Å². The van der Waals surface area contributed by atoms with Crippen molar-refractivity contribution in [3.05, 3.63) is 288 Å². The van der Waals surface area contributed by atoms with Crippen molar-refractivity contribution < 1.29 is 0 Å². The van der Waals surface area contributed by atoms with E-state index in [1.54, 1.807) is 0 Å². The van der Waals surface area contributed by atoms with E-state index in [1.807, 2.05) is 0 Å². The van der Waals surface area contributed by atoms with Gasteiger partial charge in [0.2, 0.25) is 0 Å². The maximum Gasteiger partial charge on any atom is 0.0726 e. The second-order valence-corrected chi connectivity index (χ2v) is 20.3. The summed E-state index contributed by atoms with van der Waals surface area (Å²) in [6.07, 6.45) is 0. The summed E-state index contributed by atoms with van der Waals surface area (Å²) in [6.45, 7) is 4.75. The van der Waals surface area contributed by atoms with Crippen molar-refractivity contribution >= 4 is 38.9 Å². The summed E-state index contributed by atoms with van der Waals surface area (Å²) in [7, 11) is 0. The first-order valence-corrected chi connectivity index (χ1v) is 25.3. The van der Waals surface area contributed by atoms with Gasteiger partial charge in [-0.1, -0.05) is 220 Å². The first kappa shape index (κ1) is 40.9. The molecule has 0 saturated carbocycles. The Balaban J connectivity index is 0.960. The molecule has 15 rings (SSSR count). The second kappa shape index (κ2) is 15.3. The van der Waals surface area contributed by atoms with Gasteiger partial charge in [0.1, 0.15) is 0 Å². The molecule has 3 aliphatic rings. The Labute approximate surface area is 420 Å². The highest BCUT2D eigenvalue weighted by Gasteiger charge is 2.51. The highest BCUT2D eigenvalue weighted by atomic mass is 15.1. The van der Waals surface area contributed by atoms with Crippen molar-refractivity contribution in [2.75, 3.05) is 4.90 Å². The van der Waals surface area contributed by atoms with E-state index in [0.29, 0.717) is 0 Å². The normalized spacial score (nSPS) is 13.9. The average Bonchev–Trinajstić information content (AvgIpc) is 4.12. The number of para-hydroxylation sites is 4. The maximum absolute atomic E-state index is 2.52. The van der Waals surface area contributed by atoms with Crippen molar-refractivity contribution in [2.45, 2.75) is 24.7 Å². The number of fused-ring (bicyclic) bond motifs is 16. The first-order chi connectivity index (χ1) is 35.5. The van der Waals surface area contributed by atoms with E-state index in [1.165, 1.54) is 105 Å². The molecule has 0 atom stereocenters. The number of hydrogen-bond acceptors (Lipinski definition) is 1. The van der Waals surface area contributed by atoms with Gasteiger partial charge in [0.05, 0.1) is 27.8 Å². The van der Waals surface area contributed by atoms with E-state index in [9.17, 15) is 0 Å². The van der Waals surface area contributed by atoms with Crippen molar-refractivity contribution in [1.29, 1.82) is 0 Å². The molecule has 0 bridgehead atoms. The van der Waals surface area contributed by atoms with E-state index >= 15 is 0 Å². The quantitative estimate of drug-likeness (QED) is 0.161. The van der Waals surface area contributed by atoms with Gasteiger partial charge in [-0.05, 0) is 126 Å². The number of hydrogen-bond donors (Lipinski definition) is 0. The molecule has 0 fully saturated rings. The monoisotopic (exact) mass is 916 g/mol. The van der Waals surface area contributed by atoms with Crippen LogP contribution in [0.5, 0.6) is 0 Å². The zero-order chi connectivity index (χ0) is 47.7. The van der Waals surface area contributed by atoms with Crippen molar-refractivity contribution in [1.82, 2.24) is 4.57 Å². The molecule has 0 amide bonds. The molecule has 338 valence electrons. The Morgan fingerprint density at radius 2 is 0.778 bits per heavy atom. The van der Waals surface area contributed by atoms with Crippen LogP contribution in [0.25, 0.3) is 83.1 Å². The number of nitrogens with zero attached hydrogens (tertiary/aromatic N) is 2. The van der Waals surface area contributed by atoms with E-state index in [2.05, 4.69) is 278 Å². The maximum atomic E-state index is 2.52. The summed E-state index contributed by atoms with van der Waals surface area (Å²) in [5, 5.41) is 2.51. The molecule has 1 heterocycles. The van der Waals surface area contributed by atoms with E-state index < -0.39 is 5.41 Å². The molecule has 11 aromatic carbocycles. The summed E-state index contributed by atoms with van der Waals surface area (Å²) < 4.78 is 2.44. The third-order valence-electron chi connectivity index (χ3n) is 16.4. The van der Waals surface area contributed by atoms with Gasteiger partial charge in [0.25, 0.3) is 0 Å². The molecule has 0 N–H and O–H groups in total. The van der Waals surface area contributed by atoms with Gasteiger partial charge in [-0.3, -0.25) is 0 Å². The zero-order valence-corrected chi connectivity index (χ0v) is 40.1. The lowest BCUT2D eigenvalue weighted by molar-refractivity contribution is 0.660. The van der Waals surface area contributed by atoms with Crippen LogP contribution >= 0.6 is 0 Å². The molecule has 2 nitrogen and oxygen atoms in total. The number of anilines is 3. The highest BCUT2D eigenvalue weighted by molar-refractivity contribution is 6.10. The van der Waals surface area contributed by atoms with E-state index in [0.717, 1.165) is 28.3 Å². The molecule has 1 spiro atoms.